The molecule has 0 heterocycles. The number of hydrogen-bond acceptors (Lipinski definition) is 2. The Labute approximate surface area is 115 Å². The summed E-state index contributed by atoms with van der Waals surface area (Å²) < 4.78 is 13.7. The first-order valence-corrected chi connectivity index (χ1v) is 7.37. The van der Waals surface area contributed by atoms with Gasteiger partial charge in [-0.05, 0) is 48.8 Å². The minimum Gasteiger partial charge on any atom is -0.271 e. The van der Waals surface area contributed by atoms with Crippen molar-refractivity contribution in [1.82, 2.24) is 5.43 Å². The van der Waals surface area contributed by atoms with E-state index in [2.05, 4.69) is 12.3 Å². The van der Waals surface area contributed by atoms with E-state index in [1.165, 1.54) is 32.1 Å². The molecule has 1 fully saturated rings. The average molecular weight is 264 g/mol. The van der Waals surface area contributed by atoms with Gasteiger partial charge in [0.1, 0.15) is 5.82 Å². The third-order valence-corrected chi connectivity index (χ3v) is 4.67. The number of hydrazine groups is 1. The van der Waals surface area contributed by atoms with Crippen LogP contribution in [0.1, 0.15) is 56.2 Å². The topological polar surface area (TPSA) is 38.0 Å². The van der Waals surface area contributed by atoms with Gasteiger partial charge in [0.05, 0.1) is 0 Å². The van der Waals surface area contributed by atoms with Gasteiger partial charge in [0.15, 0.2) is 0 Å². The smallest absolute Gasteiger partial charge is 0.126 e. The first kappa shape index (κ1) is 14.5. The molecular formula is C16H25FN2. The molecule has 0 amide bonds. The predicted octanol–water partition coefficient (Wildman–Crippen LogP) is 3.85. The van der Waals surface area contributed by atoms with Gasteiger partial charge in [-0.1, -0.05) is 38.3 Å². The van der Waals surface area contributed by atoms with Crippen LogP contribution in [0.25, 0.3) is 0 Å². The minimum atomic E-state index is -0.139. The summed E-state index contributed by atoms with van der Waals surface area (Å²) in [7, 11) is 0. The molecule has 1 saturated carbocycles. The normalized spacial score (nSPS) is 25.3. The van der Waals surface area contributed by atoms with Crippen molar-refractivity contribution < 1.29 is 4.39 Å². The summed E-state index contributed by atoms with van der Waals surface area (Å²) in [4.78, 5) is 0. The summed E-state index contributed by atoms with van der Waals surface area (Å²) in [5.74, 6) is 6.97. The van der Waals surface area contributed by atoms with E-state index in [9.17, 15) is 4.39 Å². The fourth-order valence-electron chi connectivity index (χ4n) is 3.24. The van der Waals surface area contributed by atoms with Gasteiger partial charge in [0.2, 0.25) is 0 Å². The molecule has 1 unspecified atom stereocenters. The van der Waals surface area contributed by atoms with Gasteiger partial charge in [-0.25, -0.2) is 4.39 Å². The molecule has 106 valence electrons. The molecule has 1 aromatic rings. The third kappa shape index (κ3) is 3.34. The summed E-state index contributed by atoms with van der Waals surface area (Å²) in [5, 5.41) is 0. The van der Waals surface area contributed by atoms with Crippen LogP contribution in [0.3, 0.4) is 0 Å². The Bertz CT molecular complexity index is 411. The largest absolute Gasteiger partial charge is 0.271 e. The number of benzene rings is 1. The van der Waals surface area contributed by atoms with Crippen LogP contribution in [-0.2, 0) is 0 Å². The van der Waals surface area contributed by atoms with Crippen molar-refractivity contribution in [3.8, 4) is 0 Å². The molecule has 0 aromatic heterocycles. The van der Waals surface area contributed by atoms with E-state index in [1.54, 1.807) is 13.0 Å². The van der Waals surface area contributed by atoms with Gasteiger partial charge in [0, 0.05) is 6.04 Å². The second-order valence-electron chi connectivity index (χ2n) is 5.84. The zero-order valence-electron chi connectivity index (χ0n) is 12.0. The molecule has 0 radical (unpaired) electrons. The molecule has 2 rings (SSSR count). The van der Waals surface area contributed by atoms with Crippen LogP contribution in [0.2, 0.25) is 0 Å². The lowest BCUT2D eigenvalue weighted by Gasteiger charge is -2.33. The lowest BCUT2D eigenvalue weighted by molar-refractivity contribution is 0.219. The highest BCUT2D eigenvalue weighted by Gasteiger charge is 2.27. The Hall–Kier alpha value is -0.930. The molecule has 1 aliphatic carbocycles. The van der Waals surface area contributed by atoms with E-state index in [4.69, 9.17) is 5.84 Å². The van der Waals surface area contributed by atoms with Crippen molar-refractivity contribution in [2.24, 2.45) is 17.7 Å². The fraction of sp³-hybridized carbons (Fsp3) is 0.625. The maximum atomic E-state index is 13.7. The summed E-state index contributed by atoms with van der Waals surface area (Å²) in [6.07, 6.45) is 6.18. The highest BCUT2D eigenvalue weighted by Crippen LogP contribution is 2.37. The quantitative estimate of drug-likeness (QED) is 0.640. The monoisotopic (exact) mass is 264 g/mol. The second kappa shape index (κ2) is 6.49. The highest BCUT2D eigenvalue weighted by molar-refractivity contribution is 5.26. The van der Waals surface area contributed by atoms with Crippen molar-refractivity contribution in [2.75, 3.05) is 0 Å². The summed E-state index contributed by atoms with van der Waals surface area (Å²) in [6, 6.07) is 5.54. The predicted molar refractivity (Wildman–Crippen MR) is 76.9 cm³/mol. The lowest BCUT2D eigenvalue weighted by atomic mass is 9.76. The Morgan fingerprint density at radius 2 is 2.00 bits per heavy atom. The van der Waals surface area contributed by atoms with E-state index in [0.717, 1.165) is 11.5 Å². The van der Waals surface area contributed by atoms with Gasteiger partial charge in [-0.2, -0.15) is 0 Å². The van der Waals surface area contributed by atoms with E-state index in [0.29, 0.717) is 11.5 Å². The number of nitrogens with two attached hydrogens (primary N) is 1. The van der Waals surface area contributed by atoms with Crippen LogP contribution in [0.5, 0.6) is 0 Å². The summed E-state index contributed by atoms with van der Waals surface area (Å²) >= 11 is 0. The maximum absolute atomic E-state index is 13.7. The minimum absolute atomic E-state index is 0.0768. The van der Waals surface area contributed by atoms with E-state index in [-0.39, 0.29) is 11.9 Å². The molecule has 1 atom stereocenters. The summed E-state index contributed by atoms with van der Waals surface area (Å²) in [6.45, 7) is 4.05. The fourth-order valence-corrected chi connectivity index (χ4v) is 3.24. The van der Waals surface area contributed by atoms with E-state index in [1.807, 2.05) is 12.1 Å². The molecule has 1 aliphatic rings. The van der Waals surface area contributed by atoms with Crippen LogP contribution < -0.4 is 11.3 Å². The Morgan fingerprint density at radius 3 is 2.53 bits per heavy atom. The Kier molecular flexibility index (Phi) is 4.94. The van der Waals surface area contributed by atoms with Crippen molar-refractivity contribution in [3.63, 3.8) is 0 Å². The molecule has 3 N–H and O–H groups in total. The van der Waals surface area contributed by atoms with Gasteiger partial charge >= 0.3 is 0 Å². The molecule has 1 aromatic carbocycles. The number of hydrogen-bond donors (Lipinski definition) is 2. The van der Waals surface area contributed by atoms with Gasteiger partial charge < -0.3 is 0 Å². The Morgan fingerprint density at radius 1 is 1.32 bits per heavy atom. The van der Waals surface area contributed by atoms with Crippen LogP contribution >= 0.6 is 0 Å². The van der Waals surface area contributed by atoms with Gasteiger partial charge in [-0.15, -0.1) is 0 Å². The lowest BCUT2D eigenvalue weighted by Crippen LogP contribution is -2.35. The molecule has 0 spiro atoms. The van der Waals surface area contributed by atoms with Gasteiger partial charge in [0.25, 0.3) is 0 Å². The highest BCUT2D eigenvalue weighted by atomic mass is 19.1. The molecule has 2 nitrogen and oxygen atoms in total. The Balaban J connectivity index is 2.09. The third-order valence-electron chi connectivity index (χ3n) is 4.67. The second-order valence-corrected chi connectivity index (χ2v) is 5.84. The molecular weight excluding hydrogens is 239 g/mol. The molecule has 3 heteroatoms. The zero-order valence-corrected chi connectivity index (χ0v) is 12.0. The van der Waals surface area contributed by atoms with E-state index < -0.39 is 0 Å². The van der Waals surface area contributed by atoms with Gasteiger partial charge in [-0.3, -0.25) is 11.3 Å². The number of nitrogens with one attached hydrogen (secondary N) is 1. The molecule has 0 saturated heterocycles. The van der Waals surface area contributed by atoms with Crippen molar-refractivity contribution in [1.29, 1.82) is 0 Å². The maximum Gasteiger partial charge on any atom is 0.126 e. The number of aryl methyl sites for hydroxylation is 1. The zero-order chi connectivity index (χ0) is 13.8. The first-order valence-electron chi connectivity index (χ1n) is 7.37. The van der Waals surface area contributed by atoms with E-state index >= 15 is 0 Å². The van der Waals surface area contributed by atoms with Crippen LogP contribution in [-0.4, -0.2) is 0 Å². The molecule has 0 aliphatic heterocycles. The van der Waals surface area contributed by atoms with Crippen LogP contribution in [0.4, 0.5) is 4.39 Å². The SMILES string of the molecule is CCC1CCC(C(NN)c2ccc(C)c(F)c2)CC1. The number of rotatable bonds is 4. The first-order chi connectivity index (χ1) is 9.15. The molecule has 19 heavy (non-hydrogen) atoms. The van der Waals surface area contributed by atoms with Crippen molar-refractivity contribution >= 4 is 0 Å². The summed E-state index contributed by atoms with van der Waals surface area (Å²) in [5.41, 5.74) is 4.57. The molecule has 0 bridgehead atoms. The van der Waals surface area contributed by atoms with Crippen LogP contribution in [0.15, 0.2) is 18.2 Å². The van der Waals surface area contributed by atoms with Crippen LogP contribution in [0, 0.1) is 24.6 Å². The average Bonchev–Trinajstić information content (AvgIpc) is 2.44. The standard InChI is InChI=1S/C16H25FN2/c1-3-12-5-8-13(9-6-12)16(19-18)14-7-4-11(2)15(17)10-14/h4,7,10,12-13,16,19H,3,5-6,8-9,18H2,1-2H3. The van der Waals surface area contributed by atoms with Crippen molar-refractivity contribution in [2.45, 2.75) is 52.0 Å². The van der Waals surface area contributed by atoms with Crippen molar-refractivity contribution in [3.05, 3.63) is 35.1 Å². The number of halogens is 1.